The largest absolute Gasteiger partial charge is 0.368 e. The van der Waals surface area contributed by atoms with E-state index in [0.29, 0.717) is 22.6 Å². The van der Waals surface area contributed by atoms with Gasteiger partial charge in [0.05, 0.1) is 11.9 Å². The third kappa shape index (κ3) is 3.05. The Kier molecular flexibility index (Phi) is 4.27. The first-order valence-corrected chi connectivity index (χ1v) is 7.44. The molecule has 0 radical (unpaired) electrons. The number of hydrogen-bond donors (Lipinski definition) is 0. The molecule has 0 saturated carbocycles. The maximum Gasteiger partial charge on any atom is 0.180 e. The molecule has 2 heterocycles. The molecule has 2 rings (SSSR count). The summed E-state index contributed by atoms with van der Waals surface area (Å²) in [5, 5.41) is 1.29. The van der Waals surface area contributed by atoms with Crippen LogP contribution in [0.25, 0.3) is 0 Å². The number of hydrogen-bond acceptors (Lipinski definition) is 4. The Hall–Kier alpha value is -1.03. The smallest absolute Gasteiger partial charge is 0.180 e. The van der Waals surface area contributed by atoms with Gasteiger partial charge in [0, 0.05) is 30.0 Å². The summed E-state index contributed by atoms with van der Waals surface area (Å²) in [5.41, 5.74) is 1.70. The molecule has 1 aromatic rings. The molecule has 0 aliphatic carbocycles. The Morgan fingerprint density at radius 3 is 2.56 bits per heavy atom. The standard InChI is InChI=1S/C14H20N2OS/c1-4-14(17)13-6-5-12(7-15-13)16-8-10(2)18-11(3)9-16/h5-7,10-11H,4,8-9H2,1-3H3. The first kappa shape index (κ1) is 13.4. The van der Waals surface area contributed by atoms with Gasteiger partial charge in [-0.25, -0.2) is 0 Å². The van der Waals surface area contributed by atoms with Gasteiger partial charge in [0.2, 0.25) is 0 Å². The molecule has 2 atom stereocenters. The molecule has 1 aliphatic heterocycles. The summed E-state index contributed by atoms with van der Waals surface area (Å²) in [7, 11) is 0. The third-order valence-corrected chi connectivity index (χ3v) is 4.37. The maximum absolute atomic E-state index is 11.5. The Morgan fingerprint density at radius 2 is 2.06 bits per heavy atom. The summed E-state index contributed by atoms with van der Waals surface area (Å²) in [5.74, 6) is 0.109. The molecule has 1 aromatic heterocycles. The Balaban J connectivity index is 2.11. The van der Waals surface area contributed by atoms with E-state index in [-0.39, 0.29) is 5.78 Å². The molecule has 4 heteroatoms. The average Bonchev–Trinajstić information content (AvgIpc) is 2.37. The number of carbonyl (C=O) groups is 1. The lowest BCUT2D eigenvalue weighted by Crippen LogP contribution is -2.40. The van der Waals surface area contributed by atoms with Crippen LogP contribution in [0.3, 0.4) is 0 Å². The molecule has 0 aromatic carbocycles. The molecule has 0 N–H and O–H groups in total. The summed E-state index contributed by atoms with van der Waals surface area (Å²) >= 11 is 2.04. The molecule has 1 aliphatic rings. The van der Waals surface area contributed by atoms with Crippen LogP contribution in [-0.4, -0.2) is 34.4 Å². The van der Waals surface area contributed by atoms with E-state index < -0.39 is 0 Å². The minimum atomic E-state index is 0.109. The average molecular weight is 264 g/mol. The number of Topliss-reactive ketones (excluding diaryl/α,β-unsaturated/α-hetero) is 1. The van der Waals surface area contributed by atoms with E-state index in [2.05, 4.69) is 23.7 Å². The number of pyridine rings is 1. The predicted molar refractivity (Wildman–Crippen MR) is 77.6 cm³/mol. The number of carbonyl (C=O) groups excluding carboxylic acids is 1. The van der Waals surface area contributed by atoms with Gasteiger partial charge in [-0.15, -0.1) is 0 Å². The van der Waals surface area contributed by atoms with Crippen molar-refractivity contribution in [2.45, 2.75) is 37.7 Å². The minimum absolute atomic E-state index is 0.109. The quantitative estimate of drug-likeness (QED) is 0.786. The van der Waals surface area contributed by atoms with Crippen LogP contribution in [0, 0.1) is 0 Å². The van der Waals surface area contributed by atoms with Gasteiger partial charge in [-0.1, -0.05) is 20.8 Å². The van der Waals surface area contributed by atoms with E-state index in [4.69, 9.17) is 0 Å². The number of aromatic nitrogens is 1. The summed E-state index contributed by atoms with van der Waals surface area (Å²) in [6, 6.07) is 3.86. The second-order valence-electron chi connectivity index (χ2n) is 4.84. The van der Waals surface area contributed by atoms with Crippen molar-refractivity contribution in [1.82, 2.24) is 4.98 Å². The number of rotatable bonds is 3. The molecule has 1 saturated heterocycles. The second-order valence-corrected chi connectivity index (χ2v) is 6.72. The van der Waals surface area contributed by atoms with Crippen molar-refractivity contribution >= 4 is 23.2 Å². The number of nitrogens with zero attached hydrogens (tertiary/aromatic N) is 2. The molecule has 1 fully saturated rings. The van der Waals surface area contributed by atoms with E-state index >= 15 is 0 Å². The van der Waals surface area contributed by atoms with Crippen molar-refractivity contribution in [3.8, 4) is 0 Å². The molecular formula is C14H20N2OS. The Bertz CT molecular complexity index is 408. The zero-order chi connectivity index (χ0) is 13.1. The van der Waals surface area contributed by atoms with Crippen LogP contribution in [0.1, 0.15) is 37.7 Å². The molecule has 0 spiro atoms. The molecule has 0 amide bonds. The van der Waals surface area contributed by atoms with Crippen molar-refractivity contribution in [3.63, 3.8) is 0 Å². The first-order chi connectivity index (χ1) is 8.60. The van der Waals surface area contributed by atoms with Crippen LogP contribution in [0.15, 0.2) is 18.3 Å². The van der Waals surface area contributed by atoms with Crippen molar-refractivity contribution in [2.24, 2.45) is 0 Å². The Morgan fingerprint density at radius 1 is 1.39 bits per heavy atom. The fraction of sp³-hybridized carbons (Fsp3) is 0.571. The highest BCUT2D eigenvalue weighted by atomic mass is 32.2. The van der Waals surface area contributed by atoms with Gasteiger partial charge in [-0.2, -0.15) is 11.8 Å². The zero-order valence-electron chi connectivity index (χ0n) is 11.2. The van der Waals surface area contributed by atoms with Crippen molar-refractivity contribution in [1.29, 1.82) is 0 Å². The monoisotopic (exact) mass is 264 g/mol. The van der Waals surface area contributed by atoms with E-state index in [1.165, 1.54) is 0 Å². The van der Waals surface area contributed by atoms with E-state index in [0.717, 1.165) is 18.8 Å². The molecule has 0 bridgehead atoms. The number of thioether (sulfide) groups is 1. The lowest BCUT2D eigenvalue weighted by atomic mass is 10.2. The fourth-order valence-electron chi connectivity index (χ4n) is 2.31. The highest BCUT2D eigenvalue weighted by molar-refractivity contribution is 8.00. The van der Waals surface area contributed by atoms with Crippen LogP contribution >= 0.6 is 11.8 Å². The molecule has 18 heavy (non-hydrogen) atoms. The first-order valence-electron chi connectivity index (χ1n) is 6.49. The SMILES string of the molecule is CCC(=O)c1ccc(N2CC(C)SC(C)C2)cn1. The lowest BCUT2D eigenvalue weighted by molar-refractivity contribution is 0.0983. The summed E-state index contributed by atoms with van der Waals surface area (Å²) < 4.78 is 0. The van der Waals surface area contributed by atoms with Crippen LogP contribution < -0.4 is 4.90 Å². The molecular weight excluding hydrogens is 244 g/mol. The van der Waals surface area contributed by atoms with E-state index in [1.54, 1.807) is 0 Å². The third-order valence-electron chi connectivity index (χ3n) is 3.14. The second kappa shape index (κ2) is 5.74. The van der Waals surface area contributed by atoms with Crippen molar-refractivity contribution < 1.29 is 4.79 Å². The van der Waals surface area contributed by atoms with Gasteiger partial charge in [-0.05, 0) is 12.1 Å². The highest BCUT2D eigenvalue weighted by Gasteiger charge is 2.22. The maximum atomic E-state index is 11.5. The Labute approximate surface area is 113 Å². The van der Waals surface area contributed by atoms with Crippen LogP contribution in [0.2, 0.25) is 0 Å². The zero-order valence-corrected chi connectivity index (χ0v) is 12.0. The van der Waals surface area contributed by atoms with Crippen LogP contribution in [0.5, 0.6) is 0 Å². The van der Waals surface area contributed by atoms with Gasteiger partial charge in [0.25, 0.3) is 0 Å². The van der Waals surface area contributed by atoms with Crippen LogP contribution in [-0.2, 0) is 0 Å². The van der Waals surface area contributed by atoms with Gasteiger partial charge in [0.15, 0.2) is 5.78 Å². The topological polar surface area (TPSA) is 33.2 Å². The van der Waals surface area contributed by atoms with Crippen molar-refractivity contribution in [3.05, 3.63) is 24.0 Å². The summed E-state index contributed by atoms with van der Waals surface area (Å²) in [6.45, 7) is 8.49. The highest BCUT2D eigenvalue weighted by Crippen LogP contribution is 2.28. The normalized spacial score (nSPS) is 24.1. The number of anilines is 1. The van der Waals surface area contributed by atoms with Crippen LogP contribution in [0.4, 0.5) is 5.69 Å². The number of ketones is 1. The molecule has 3 nitrogen and oxygen atoms in total. The van der Waals surface area contributed by atoms with E-state index in [1.807, 2.05) is 37.0 Å². The van der Waals surface area contributed by atoms with Gasteiger partial charge in [-0.3, -0.25) is 9.78 Å². The minimum Gasteiger partial charge on any atom is -0.368 e. The molecule has 2 unspecified atom stereocenters. The fourth-order valence-corrected chi connectivity index (χ4v) is 3.63. The van der Waals surface area contributed by atoms with Gasteiger partial charge in [0.1, 0.15) is 5.69 Å². The summed E-state index contributed by atoms with van der Waals surface area (Å²) in [6.07, 6.45) is 2.35. The molecule has 98 valence electrons. The van der Waals surface area contributed by atoms with Gasteiger partial charge < -0.3 is 4.90 Å². The summed E-state index contributed by atoms with van der Waals surface area (Å²) in [4.78, 5) is 18.2. The van der Waals surface area contributed by atoms with Gasteiger partial charge >= 0.3 is 0 Å². The predicted octanol–water partition coefficient (Wildman–Crippen LogP) is 3.00. The lowest BCUT2D eigenvalue weighted by Gasteiger charge is -2.36. The van der Waals surface area contributed by atoms with E-state index in [9.17, 15) is 4.79 Å². The van der Waals surface area contributed by atoms with Crippen molar-refractivity contribution in [2.75, 3.05) is 18.0 Å².